The van der Waals surface area contributed by atoms with E-state index in [2.05, 4.69) is 10.0 Å². The van der Waals surface area contributed by atoms with Gasteiger partial charge in [0.25, 0.3) is 11.1 Å². The van der Waals surface area contributed by atoms with E-state index >= 15 is 0 Å². The van der Waals surface area contributed by atoms with Crippen molar-refractivity contribution >= 4 is 44.5 Å². The number of imide groups is 1. The molecular formula is C20H18N4O5S2. The Labute approximate surface area is 183 Å². The zero-order valence-corrected chi connectivity index (χ0v) is 17.8. The van der Waals surface area contributed by atoms with Crippen LogP contribution in [-0.2, 0) is 21.4 Å². The average Bonchev–Trinajstić information content (AvgIpc) is 3.07. The van der Waals surface area contributed by atoms with Crippen molar-refractivity contribution < 1.29 is 22.8 Å². The summed E-state index contributed by atoms with van der Waals surface area (Å²) >= 11 is 0.975. The Morgan fingerprint density at radius 1 is 1.10 bits per heavy atom. The average molecular weight is 459 g/mol. The van der Waals surface area contributed by atoms with Crippen molar-refractivity contribution in [2.45, 2.75) is 17.9 Å². The van der Waals surface area contributed by atoms with E-state index in [1.807, 2.05) is 6.07 Å². The molecule has 3 amide bonds. The van der Waals surface area contributed by atoms with Crippen molar-refractivity contribution in [1.82, 2.24) is 9.62 Å². The summed E-state index contributed by atoms with van der Waals surface area (Å²) in [5.74, 6) is -0.489. The summed E-state index contributed by atoms with van der Waals surface area (Å²) < 4.78 is 26.5. The molecule has 31 heavy (non-hydrogen) atoms. The molecule has 1 aliphatic rings. The molecule has 1 saturated heterocycles. The maximum atomic E-state index is 12.4. The zero-order valence-electron chi connectivity index (χ0n) is 16.2. The third kappa shape index (κ3) is 5.69. The van der Waals surface area contributed by atoms with Gasteiger partial charge in [-0.3, -0.25) is 19.3 Å². The highest BCUT2D eigenvalue weighted by Gasteiger charge is 2.29. The highest BCUT2D eigenvalue weighted by atomic mass is 32.2. The van der Waals surface area contributed by atoms with Gasteiger partial charge in [-0.15, -0.1) is 0 Å². The van der Waals surface area contributed by atoms with E-state index in [9.17, 15) is 22.8 Å². The molecule has 0 saturated carbocycles. The first-order valence-electron chi connectivity index (χ1n) is 9.14. The Morgan fingerprint density at radius 3 is 2.35 bits per heavy atom. The molecule has 0 bridgehead atoms. The van der Waals surface area contributed by atoms with E-state index in [0.29, 0.717) is 5.69 Å². The van der Waals surface area contributed by atoms with Crippen molar-refractivity contribution in [3.05, 3.63) is 59.7 Å². The topological polar surface area (TPSA) is 136 Å². The molecular weight excluding hydrogens is 440 g/mol. The van der Waals surface area contributed by atoms with Crippen LogP contribution >= 0.6 is 11.8 Å². The minimum atomic E-state index is -3.74. The lowest BCUT2D eigenvalue weighted by Gasteiger charge is -2.13. The number of nitriles is 1. The number of sulfonamides is 1. The molecule has 1 heterocycles. The minimum absolute atomic E-state index is 0.00415. The van der Waals surface area contributed by atoms with Gasteiger partial charge < -0.3 is 5.32 Å². The summed E-state index contributed by atoms with van der Waals surface area (Å²) in [6.45, 7) is 0.188. The Hall–Kier alpha value is -3.20. The molecule has 0 unspecified atom stereocenters. The molecule has 2 aromatic carbocycles. The van der Waals surface area contributed by atoms with E-state index in [1.54, 1.807) is 24.3 Å². The van der Waals surface area contributed by atoms with Crippen molar-refractivity contribution in [3.63, 3.8) is 0 Å². The standard InChI is InChI=1S/C20H18N4O5S2/c21-10-1-11-22-31(28,29)17-8-4-15(5-9-17)19(26)23-16-6-2-14(3-7-16)12-24-18(25)13-30-20(24)27/h2-9,22H,1,11-13H2,(H,23,26). The van der Waals surface area contributed by atoms with E-state index in [4.69, 9.17) is 5.26 Å². The number of nitrogens with one attached hydrogen (secondary N) is 2. The maximum absolute atomic E-state index is 12.4. The highest BCUT2D eigenvalue weighted by molar-refractivity contribution is 8.14. The van der Waals surface area contributed by atoms with Crippen molar-refractivity contribution in [2.24, 2.45) is 0 Å². The fourth-order valence-electron chi connectivity index (χ4n) is 2.72. The first kappa shape index (κ1) is 22.5. The van der Waals surface area contributed by atoms with Crippen molar-refractivity contribution in [1.29, 1.82) is 5.26 Å². The third-order valence-corrected chi connectivity index (χ3v) is 6.68. The lowest BCUT2D eigenvalue weighted by Crippen LogP contribution is -2.27. The van der Waals surface area contributed by atoms with Crippen LogP contribution in [0.2, 0.25) is 0 Å². The van der Waals surface area contributed by atoms with Gasteiger partial charge in [-0.1, -0.05) is 23.9 Å². The van der Waals surface area contributed by atoms with Crippen LogP contribution in [0.4, 0.5) is 10.5 Å². The molecule has 2 N–H and O–H groups in total. The smallest absolute Gasteiger partial charge is 0.289 e. The molecule has 3 rings (SSSR count). The molecule has 0 aromatic heterocycles. The second-order valence-electron chi connectivity index (χ2n) is 6.52. The van der Waals surface area contributed by atoms with Crippen LogP contribution in [0, 0.1) is 11.3 Å². The van der Waals surface area contributed by atoms with Gasteiger partial charge in [0.15, 0.2) is 0 Å². The lowest BCUT2D eigenvalue weighted by atomic mass is 10.1. The second-order valence-corrected chi connectivity index (χ2v) is 9.21. The Morgan fingerprint density at radius 2 is 1.77 bits per heavy atom. The number of hydrogen-bond donors (Lipinski definition) is 2. The first-order chi connectivity index (χ1) is 14.8. The lowest BCUT2D eigenvalue weighted by molar-refractivity contribution is -0.125. The van der Waals surface area contributed by atoms with Crippen LogP contribution < -0.4 is 10.0 Å². The van der Waals surface area contributed by atoms with Gasteiger partial charge in [0.1, 0.15) is 0 Å². The van der Waals surface area contributed by atoms with E-state index in [0.717, 1.165) is 17.3 Å². The van der Waals surface area contributed by atoms with Crippen LogP contribution in [-0.4, -0.2) is 42.7 Å². The number of anilines is 1. The number of thioether (sulfide) groups is 1. The number of carbonyl (C=O) groups is 3. The quantitative estimate of drug-likeness (QED) is 0.579. The molecule has 9 nitrogen and oxygen atoms in total. The number of nitrogens with zero attached hydrogens (tertiary/aromatic N) is 2. The molecule has 2 aromatic rings. The number of carbonyl (C=O) groups excluding carboxylic acids is 3. The molecule has 1 fully saturated rings. The van der Waals surface area contributed by atoms with Crippen LogP contribution in [0.15, 0.2) is 53.4 Å². The Bertz CT molecular complexity index is 1120. The first-order valence-corrected chi connectivity index (χ1v) is 11.6. The molecule has 0 radical (unpaired) electrons. The van der Waals surface area contributed by atoms with Crippen LogP contribution in [0.3, 0.4) is 0 Å². The number of rotatable bonds is 8. The molecule has 0 atom stereocenters. The number of benzene rings is 2. The monoisotopic (exact) mass is 458 g/mol. The predicted octanol–water partition coefficient (Wildman–Crippen LogP) is 2.33. The van der Waals surface area contributed by atoms with Crippen LogP contribution in [0.5, 0.6) is 0 Å². The summed E-state index contributed by atoms with van der Waals surface area (Å²) in [7, 11) is -3.74. The Balaban J connectivity index is 1.60. The molecule has 160 valence electrons. The summed E-state index contributed by atoms with van der Waals surface area (Å²) in [4.78, 5) is 37.0. The van der Waals surface area contributed by atoms with Gasteiger partial charge in [0.05, 0.1) is 23.3 Å². The molecule has 0 aliphatic carbocycles. The van der Waals surface area contributed by atoms with E-state index in [-0.39, 0.29) is 46.9 Å². The zero-order chi connectivity index (χ0) is 22.4. The summed E-state index contributed by atoms with van der Waals surface area (Å²) in [6, 6.07) is 14.0. The second kappa shape index (κ2) is 9.74. The molecule has 1 aliphatic heterocycles. The SMILES string of the molecule is N#CCCNS(=O)(=O)c1ccc(C(=O)Nc2ccc(CN3C(=O)CSC3=O)cc2)cc1. The van der Waals surface area contributed by atoms with E-state index in [1.165, 1.54) is 29.2 Å². The van der Waals surface area contributed by atoms with Gasteiger partial charge >= 0.3 is 0 Å². The fourth-order valence-corrected chi connectivity index (χ4v) is 4.48. The maximum Gasteiger partial charge on any atom is 0.289 e. The highest BCUT2D eigenvalue weighted by Crippen LogP contribution is 2.22. The summed E-state index contributed by atoms with van der Waals surface area (Å²) in [5, 5.41) is 10.9. The van der Waals surface area contributed by atoms with Crippen LogP contribution in [0.1, 0.15) is 22.3 Å². The molecule has 0 spiro atoms. The minimum Gasteiger partial charge on any atom is -0.322 e. The normalized spacial score (nSPS) is 13.8. The Kier molecular flexibility index (Phi) is 7.06. The van der Waals surface area contributed by atoms with Gasteiger partial charge in [0.2, 0.25) is 15.9 Å². The third-order valence-electron chi connectivity index (χ3n) is 4.35. The van der Waals surface area contributed by atoms with Gasteiger partial charge in [-0.2, -0.15) is 5.26 Å². The fraction of sp³-hybridized carbons (Fsp3) is 0.200. The molecule has 11 heteroatoms. The predicted molar refractivity (Wildman–Crippen MR) is 115 cm³/mol. The van der Waals surface area contributed by atoms with Crippen LogP contribution in [0.25, 0.3) is 0 Å². The summed E-state index contributed by atoms with van der Waals surface area (Å²) in [5.41, 5.74) is 1.53. The largest absolute Gasteiger partial charge is 0.322 e. The van der Waals surface area contributed by atoms with Gasteiger partial charge in [-0.05, 0) is 42.0 Å². The summed E-state index contributed by atoms with van der Waals surface area (Å²) in [6.07, 6.45) is 0.0577. The number of amides is 3. The van der Waals surface area contributed by atoms with Crippen molar-refractivity contribution in [2.75, 3.05) is 17.6 Å². The number of hydrogen-bond acceptors (Lipinski definition) is 7. The van der Waals surface area contributed by atoms with Gasteiger partial charge in [-0.25, -0.2) is 13.1 Å². The van der Waals surface area contributed by atoms with Gasteiger partial charge in [0, 0.05) is 24.2 Å². The van der Waals surface area contributed by atoms with E-state index < -0.39 is 15.9 Å². The van der Waals surface area contributed by atoms with Crippen molar-refractivity contribution in [3.8, 4) is 6.07 Å².